The van der Waals surface area contributed by atoms with E-state index in [9.17, 15) is 0 Å². The monoisotopic (exact) mass is 306 g/mol. The summed E-state index contributed by atoms with van der Waals surface area (Å²) in [6, 6.07) is 16.0. The third-order valence-corrected chi connectivity index (χ3v) is 5.40. The molecule has 0 saturated carbocycles. The Balaban J connectivity index is 1.53. The van der Waals surface area contributed by atoms with Crippen LogP contribution in [0.25, 0.3) is 0 Å². The molecule has 0 saturated heterocycles. The van der Waals surface area contributed by atoms with Crippen molar-refractivity contribution >= 4 is 0 Å². The van der Waals surface area contributed by atoms with Gasteiger partial charge in [0.2, 0.25) is 0 Å². The first-order valence-electron chi connectivity index (χ1n) is 9.40. The van der Waals surface area contributed by atoms with E-state index < -0.39 is 0 Å². The first-order valence-corrected chi connectivity index (χ1v) is 9.40. The van der Waals surface area contributed by atoms with Gasteiger partial charge in [-0.1, -0.05) is 61.4 Å². The van der Waals surface area contributed by atoms with Crippen LogP contribution >= 0.6 is 0 Å². The van der Waals surface area contributed by atoms with Crippen LogP contribution in [0.3, 0.4) is 0 Å². The van der Waals surface area contributed by atoms with Crippen molar-refractivity contribution in [3.63, 3.8) is 0 Å². The van der Waals surface area contributed by atoms with Gasteiger partial charge >= 0.3 is 0 Å². The van der Waals surface area contributed by atoms with Gasteiger partial charge in [0.1, 0.15) is 0 Å². The lowest BCUT2D eigenvalue weighted by Crippen LogP contribution is -2.08. The van der Waals surface area contributed by atoms with E-state index in [2.05, 4.69) is 56.3 Å². The van der Waals surface area contributed by atoms with E-state index in [4.69, 9.17) is 0 Å². The van der Waals surface area contributed by atoms with Crippen molar-refractivity contribution in [1.82, 2.24) is 0 Å². The molecule has 0 fully saturated rings. The zero-order chi connectivity index (χ0) is 16.1. The fourth-order valence-corrected chi connectivity index (χ4v) is 4.08. The van der Waals surface area contributed by atoms with Gasteiger partial charge in [0, 0.05) is 0 Å². The maximum absolute atomic E-state index is 2.43. The van der Waals surface area contributed by atoms with Gasteiger partial charge in [0.25, 0.3) is 0 Å². The number of hydrogen-bond acceptors (Lipinski definition) is 0. The number of benzene rings is 2. The smallest absolute Gasteiger partial charge is 0.0188 e. The second kappa shape index (κ2) is 7.81. The average molecular weight is 306 g/mol. The van der Waals surface area contributed by atoms with Crippen LogP contribution in [0, 0.1) is 6.92 Å². The van der Waals surface area contributed by atoms with Crippen molar-refractivity contribution in [3.05, 3.63) is 70.3 Å². The van der Waals surface area contributed by atoms with Gasteiger partial charge in [-0.3, -0.25) is 0 Å². The fraction of sp³-hybridized carbons (Fsp3) is 0.478. The Morgan fingerprint density at radius 3 is 2.65 bits per heavy atom. The first-order chi connectivity index (χ1) is 11.2. The summed E-state index contributed by atoms with van der Waals surface area (Å²) in [5.41, 5.74) is 7.82. The van der Waals surface area contributed by atoms with Crippen LogP contribution < -0.4 is 0 Å². The summed E-state index contributed by atoms with van der Waals surface area (Å²) in [6.07, 6.45) is 10.5. The van der Waals surface area contributed by atoms with Crippen LogP contribution in [0.2, 0.25) is 0 Å². The van der Waals surface area contributed by atoms with Gasteiger partial charge in [-0.15, -0.1) is 0 Å². The van der Waals surface area contributed by atoms with Gasteiger partial charge in [0.05, 0.1) is 0 Å². The third kappa shape index (κ3) is 4.25. The highest BCUT2D eigenvalue weighted by Crippen LogP contribution is 2.31. The number of unbranched alkanes of at least 4 members (excludes halogenated alkanes) is 1. The molecular formula is C23H30. The van der Waals surface area contributed by atoms with Crippen LogP contribution in [0.15, 0.2) is 42.5 Å². The molecular weight excluding hydrogens is 276 g/mol. The minimum Gasteiger partial charge on any atom is -0.0617 e. The Labute approximate surface area is 141 Å². The highest BCUT2D eigenvalue weighted by molar-refractivity contribution is 5.38. The van der Waals surface area contributed by atoms with Crippen molar-refractivity contribution in [3.8, 4) is 0 Å². The van der Waals surface area contributed by atoms with Crippen molar-refractivity contribution in [2.45, 2.75) is 71.1 Å². The molecule has 1 aliphatic carbocycles. The lowest BCUT2D eigenvalue weighted by molar-refractivity contribution is 0.591. The molecule has 122 valence electrons. The van der Waals surface area contributed by atoms with E-state index in [1.807, 2.05) is 0 Å². The first kappa shape index (κ1) is 16.3. The molecule has 0 nitrogen and oxygen atoms in total. The SMILES string of the molecule is Cc1cccc(CCCC[C@H](C)c2cccc3c2CCCC3)c1. The summed E-state index contributed by atoms with van der Waals surface area (Å²) >= 11 is 0. The van der Waals surface area contributed by atoms with Gasteiger partial charge in [-0.25, -0.2) is 0 Å². The molecule has 0 heteroatoms. The Kier molecular flexibility index (Phi) is 5.54. The molecule has 0 amide bonds. The molecule has 2 aromatic carbocycles. The molecule has 0 N–H and O–H groups in total. The molecule has 0 spiro atoms. The lowest BCUT2D eigenvalue weighted by Gasteiger charge is -2.23. The van der Waals surface area contributed by atoms with E-state index in [-0.39, 0.29) is 0 Å². The highest BCUT2D eigenvalue weighted by atomic mass is 14.2. The molecule has 0 unspecified atom stereocenters. The predicted molar refractivity (Wildman–Crippen MR) is 100 cm³/mol. The van der Waals surface area contributed by atoms with Crippen LogP contribution in [-0.4, -0.2) is 0 Å². The summed E-state index contributed by atoms with van der Waals surface area (Å²) in [7, 11) is 0. The summed E-state index contributed by atoms with van der Waals surface area (Å²) < 4.78 is 0. The highest BCUT2D eigenvalue weighted by Gasteiger charge is 2.16. The van der Waals surface area contributed by atoms with Gasteiger partial charge in [0.15, 0.2) is 0 Å². The maximum atomic E-state index is 2.43. The summed E-state index contributed by atoms with van der Waals surface area (Å²) in [6.45, 7) is 4.61. The zero-order valence-electron chi connectivity index (χ0n) is 14.8. The van der Waals surface area contributed by atoms with E-state index in [1.54, 1.807) is 16.7 Å². The number of hydrogen-bond donors (Lipinski definition) is 0. The Bertz CT molecular complexity index is 638. The molecule has 0 radical (unpaired) electrons. The van der Waals surface area contributed by atoms with Gasteiger partial charge in [-0.2, -0.15) is 0 Å². The van der Waals surface area contributed by atoms with Crippen molar-refractivity contribution < 1.29 is 0 Å². The molecule has 1 atom stereocenters. The van der Waals surface area contributed by atoms with Crippen LogP contribution in [0.4, 0.5) is 0 Å². The Morgan fingerprint density at radius 2 is 1.78 bits per heavy atom. The molecule has 3 rings (SSSR count). The molecule has 0 heterocycles. The van der Waals surface area contributed by atoms with Gasteiger partial charge < -0.3 is 0 Å². The largest absolute Gasteiger partial charge is 0.0617 e. The Hall–Kier alpha value is -1.56. The maximum Gasteiger partial charge on any atom is -0.0188 e. The van der Waals surface area contributed by atoms with Crippen LogP contribution in [0.1, 0.15) is 72.8 Å². The number of rotatable bonds is 6. The van der Waals surface area contributed by atoms with E-state index >= 15 is 0 Å². The van der Waals surface area contributed by atoms with Crippen LogP contribution in [-0.2, 0) is 19.3 Å². The second-order valence-corrected chi connectivity index (χ2v) is 7.33. The summed E-state index contributed by atoms with van der Waals surface area (Å²) in [4.78, 5) is 0. The summed E-state index contributed by atoms with van der Waals surface area (Å²) in [5, 5.41) is 0. The molecule has 1 aliphatic rings. The minimum absolute atomic E-state index is 0.709. The minimum atomic E-state index is 0.709. The fourth-order valence-electron chi connectivity index (χ4n) is 4.08. The number of fused-ring (bicyclic) bond motifs is 1. The van der Waals surface area contributed by atoms with Crippen molar-refractivity contribution in [1.29, 1.82) is 0 Å². The molecule has 2 aromatic rings. The quantitative estimate of drug-likeness (QED) is 0.542. The Morgan fingerprint density at radius 1 is 0.957 bits per heavy atom. The zero-order valence-corrected chi connectivity index (χ0v) is 14.8. The molecule has 23 heavy (non-hydrogen) atoms. The molecule has 0 aromatic heterocycles. The van der Waals surface area contributed by atoms with Crippen LogP contribution in [0.5, 0.6) is 0 Å². The standard InChI is InChI=1S/C23H30/c1-18-9-7-12-20(17-18)11-4-3-10-19(2)22-16-8-14-21-13-5-6-15-23(21)22/h7-9,12,14,16-17,19H,3-6,10-11,13,15H2,1-2H3/t19-/m0/s1. The third-order valence-electron chi connectivity index (χ3n) is 5.40. The van der Waals surface area contributed by atoms with E-state index in [0.717, 1.165) is 0 Å². The molecule has 0 bridgehead atoms. The van der Waals surface area contributed by atoms with E-state index in [1.165, 1.54) is 62.5 Å². The van der Waals surface area contributed by atoms with Crippen molar-refractivity contribution in [2.24, 2.45) is 0 Å². The number of aryl methyl sites for hydroxylation is 3. The van der Waals surface area contributed by atoms with Gasteiger partial charge in [-0.05, 0) is 80.0 Å². The normalized spacial score (nSPS) is 15.2. The average Bonchev–Trinajstić information content (AvgIpc) is 2.58. The predicted octanol–water partition coefficient (Wildman–Crippen LogP) is 6.39. The van der Waals surface area contributed by atoms with E-state index in [0.29, 0.717) is 5.92 Å². The topological polar surface area (TPSA) is 0 Å². The second-order valence-electron chi connectivity index (χ2n) is 7.33. The molecule has 0 aliphatic heterocycles. The summed E-state index contributed by atoms with van der Waals surface area (Å²) in [5.74, 6) is 0.709. The van der Waals surface area contributed by atoms with Crippen molar-refractivity contribution in [2.75, 3.05) is 0 Å². The lowest BCUT2D eigenvalue weighted by atomic mass is 9.82.